The number of methoxy groups -OCH3 is 1. The second-order valence-electron chi connectivity index (χ2n) is 5.55. The summed E-state index contributed by atoms with van der Waals surface area (Å²) in [4.78, 5) is 2.57. The largest absolute Gasteiger partial charge is 0.497 e. The molecule has 106 valence electrons. The highest BCUT2D eigenvalue weighted by atomic mass is 16.5. The van der Waals surface area contributed by atoms with E-state index >= 15 is 0 Å². The zero-order chi connectivity index (χ0) is 13.5. The van der Waals surface area contributed by atoms with Crippen molar-refractivity contribution in [3.63, 3.8) is 0 Å². The van der Waals surface area contributed by atoms with E-state index in [9.17, 15) is 0 Å². The normalized spacial score (nSPS) is 17.6. The van der Waals surface area contributed by atoms with Gasteiger partial charge in [0.15, 0.2) is 0 Å². The zero-order valence-corrected chi connectivity index (χ0v) is 12.2. The smallest absolute Gasteiger partial charge is 0.118 e. The van der Waals surface area contributed by atoms with Crippen molar-refractivity contribution in [3.05, 3.63) is 29.8 Å². The third kappa shape index (κ3) is 4.84. The summed E-state index contributed by atoms with van der Waals surface area (Å²) >= 11 is 0. The van der Waals surface area contributed by atoms with Crippen LogP contribution in [0.5, 0.6) is 5.75 Å². The summed E-state index contributed by atoms with van der Waals surface area (Å²) in [5.41, 5.74) is 1.31. The second-order valence-corrected chi connectivity index (χ2v) is 5.55. The molecule has 3 heteroatoms. The Hall–Kier alpha value is -1.06. The van der Waals surface area contributed by atoms with Crippen molar-refractivity contribution in [2.75, 3.05) is 33.3 Å². The summed E-state index contributed by atoms with van der Waals surface area (Å²) < 4.78 is 5.16. The molecule has 0 amide bonds. The number of likely N-dealkylation sites (tertiary alicyclic amines) is 1. The number of nitrogens with one attached hydrogen (secondary N) is 1. The van der Waals surface area contributed by atoms with Crippen LogP contribution in [0.1, 0.15) is 25.3 Å². The van der Waals surface area contributed by atoms with E-state index in [0.29, 0.717) is 0 Å². The Balaban J connectivity index is 1.61. The Bertz CT molecular complexity index is 356. The van der Waals surface area contributed by atoms with Crippen LogP contribution in [-0.4, -0.2) is 38.2 Å². The maximum atomic E-state index is 5.16. The Labute approximate surface area is 116 Å². The molecule has 1 heterocycles. The topological polar surface area (TPSA) is 24.5 Å². The Morgan fingerprint density at radius 2 is 1.89 bits per heavy atom. The molecule has 0 bridgehead atoms. The highest BCUT2D eigenvalue weighted by Crippen LogP contribution is 2.15. The minimum atomic E-state index is 0.920. The van der Waals surface area contributed by atoms with E-state index in [1.807, 2.05) is 12.1 Å². The van der Waals surface area contributed by atoms with Crippen LogP contribution in [-0.2, 0) is 6.54 Å². The van der Waals surface area contributed by atoms with Crippen molar-refractivity contribution in [3.8, 4) is 5.75 Å². The summed E-state index contributed by atoms with van der Waals surface area (Å²) in [6.45, 7) is 8.08. The average Bonchev–Trinajstić information content (AvgIpc) is 2.46. The molecule has 19 heavy (non-hydrogen) atoms. The summed E-state index contributed by atoms with van der Waals surface area (Å²) in [7, 11) is 1.70. The van der Waals surface area contributed by atoms with Gasteiger partial charge in [-0.2, -0.15) is 0 Å². The lowest BCUT2D eigenvalue weighted by Gasteiger charge is -2.30. The molecule has 1 fully saturated rings. The van der Waals surface area contributed by atoms with Crippen molar-refractivity contribution in [1.82, 2.24) is 10.2 Å². The van der Waals surface area contributed by atoms with Gasteiger partial charge in [0, 0.05) is 19.6 Å². The van der Waals surface area contributed by atoms with Crippen LogP contribution in [0.25, 0.3) is 0 Å². The fourth-order valence-electron chi connectivity index (χ4n) is 2.50. The average molecular weight is 262 g/mol. The molecule has 3 nitrogen and oxygen atoms in total. The number of hydrogen-bond donors (Lipinski definition) is 1. The minimum absolute atomic E-state index is 0.920. The lowest BCUT2D eigenvalue weighted by molar-refractivity contribution is 0.193. The number of hydrogen-bond acceptors (Lipinski definition) is 3. The fraction of sp³-hybridized carbons (Fsp3) is 0.625. The number of ether oxygens (including phenoxy) is 1. The molecule has 1 aliphatic rings. The summed E-state index contributed by atoms with van der Waals surface area (Å²) in [5, 5.41) is 3.52. The SMILES string of the molecule is COc1ccc(CNCCN2CCC(C)CC2)cc1. The van der Waals surface area contributed by atoms with Gasteiger partial charge in [-0.15, -0.1) is 0 Å². The third-order valence-corrected chi connectivity index (χ3v) is 3.97. The van der Waals surface area contributed by atoms with Crippen molar-refractivity contribution >= 4 is 0 Å². The molecule has 1 saturated heterocycles. The molecule has 0 aliphatic carbocycles. The first-order valence-corrected chi connectivity index (χ1v) is 7.34. The van der Waals surface area contributed by atoms with Gasteiger partial charge in [-0.1, -0.05) is 19.1 Å². The molecule has 0 spiro atoms. The molecule has 2 rings (SSSR count). The summed E-state index contributed by atoms with van der Waals surface area (Å²) in [6, 6.07) is 8.27. The van der Waals surface area contributed by atoms with Gasteiger partial charge >= 0.3 is 0 Å². The first-order chi connectivity index (χ1) is 9.28. The van der Waals surface area contributed by atoms with E-state index < -0.39 is 0 Å². The van der Waals surface area contributed by atoms with Gasteiger partial charge in [0.25, 0.3) is 0 Å². The van der Waals surface area contributed by atoms with Crippen LogP contribution in [0.15, 0.2) is 24.3 Å². The van der Waals surface area contributed by atoms with Crippen molar-refractivity contribution in [1.29, 1.82) is 0 Å². The minimum Gasteiger partial charge on any atom is -0.497 e. The van der Waals surface area contributed by atoms with Gasteiger partial charge in [-0.25, -0.2) is 0 Å². The molecule has 0 atom stereocenters. The van der Waals surface area contributed by atoms with Gasteiger partial charge in [-0.05, 0) is 49.5 Å². The van der Waals surface area contributed by atoms with Crippen LogP contribution >= 0.6 is 0 Å². The van der Waals surface area contributed by atoms with Crippen LogP contribution < -0.4 is 10.1 Å². The molecule has 0 unspecified atom stereocenters. The first kappa shape index (κ1) is 14.4. The number of benzene rings is 1. The molecular weight excluding hydrogens is 236 g/mol. The molecule has 0 saturated carbocycles. The lowest BCUT2D eigenvalue weighted by atomic mass is 9.99. The van der Waals surface area contributed by atoms with E-state index in [4.69, 9.17) is 4.74 Å². The highest BCUT2D eigenvalue weighted by Gasteiger charge is 2.14. The predicted octanol–water partition coefficient (Wildman–Crippen LogP) is 2.52. The van der Waals surface area contributed by atoms with Gasteiger partial charge in [0.2, 0.25) is 0 Å². The maximum Gasteiger partial charge on any atom is 0.118 e. The number of nitrogens with zero attached hydrogens (tertiary/aromatic N) is 1. The molecule has 0 aromatic heterocycles. The van der Waals surface area contributed by atoms with Crippen molar-refractivity contribution in [2.24, 2.45) is 5.92 Å². The van der Waals surface area contributed by atoms with Crippen LogP contribution in [0.2, 0.25) is 0 Å². The van der Waals surface area contributed by atoms with Gasteiger partial charge in [0.1, 0.15) is 5.75 Å². The lowest BCUT2D eigenvalue weighted by Crippen LogP contribution is -2.37. The third-order valence-electron chi connectivity index (χ3n) is 3.97. The molecule has 1 aromatic carbocycles. The summed E-state index contributed by atoms with van der Waals surface area (Å²) in [6.07, 6.45) is 2.72. The van der Waals surface area contributed by atoms with Crippen molar-refractivity contribution < 1.29 is 4.74 Å². The Morgan fingerprint density at radius 1 is 1.21 bits per heavy atom. The summed E-state index contributed by atoms with van der Waals surface area (Å²) in [5.74, 6) is 1.84. The van der Waals surface area contributed by atoms with E-state index in [-0.39, 0.29) is 0 Å². The van der Waals surface area contributed by atoms with E-state index in [2.05, 4.69) is 29.3 Å². The second kappa shape index (κ2) is 7.51. The van der Waals surface area contributed by atoms with E-state index in [1.165, 1.54) is 38.0 Å². The van der Waals surface area contributed by atoms with Gasteiger partial charge in [-0.3, -0.25) is 0 Å². The highest BCUT2D eigenvalue weighted by molar-refractivity contribution is 5.26. The number of rotatable bonds is 6. The van der Waals surface area contributed by atoms with Crippen LogP contribution in [0.3, 0.4) is 0 Å². The quantitative estimate of drug-likeness (QED) is 0.797. The number of piperidine rings is 1. The Morgan fingerprint density at radius 3 is 2.53 bits per heavy atom. The van der Waals surface area contributed by atoms with Gasteiger partial charge in [0.05, 0.1) is 7.11 Å². The van der Waals surface area contributed by atoms with E-state index in [1.54, 1.807) is 7.11 Å². The molecule has 1 N–H and O–H groups in total. The zero-order valence-electron chi connectivity index (χ0n) is 12.2. The molecule has 1 aliphatic heterocycles. The first-order valence-electron chi connectivity index (χ1n) is 7.34. The molecule has 0 radical (unpaired) electrons. The maximum absolute atomic E-state index is 5.16. The van der Waals surface area contributed by atoms with Crippen LogP contribution in [0, 0.1) is 5.92 Å². The van der Waals surface area contributed by atoms with Crippen LogP contribution in [0.4, 0.5) is 0 Å². The van der Waals surface area contributed by atoms with Gasteiger partial charge < -0.3 is 15.0 Å². The standard InChI is InChI=1S/C16H26N2O/c1-14-7-10-18(11-8-14)12-9-17-13-15-3-5-16(19-2)6-4-15/h3-6,14,17H,7-13H2,1-2H3. The molecule has 1 aromatic rings. The Kier molecular flexibility index (Phi) is 5.67. The monoisotopic (exact) mass is 262 g/mol. The molecular formula is C16H26N2O. The van der Waals surface area contributed by atoms with E-state index in [0.717, 1.165) is 24.8 Å². The van der Waals surface area contributed by atoms with Crippen molar-refractivity contribution in [2.45, 2.75) is 26.3 Å². The fourth-order valence-corrected chi connectivity index (χ4v) is 2.50. The predicted molar refractivity (Wildman–Crippen MR) is 79.5 cm³/mol.